The summed E-state index contributed by atoms with van der Waals surface area (Å²) in [5.74, 6) is 0.506. The van der Waals surface area contributed by atoms with E-state index in [1.165, 1.54) is 6.92 Å². The van der Waals surface area contributed by atoms with Crippen LogP contribution in [0.3, 0.4) is 0 Å². The third kappa shape index (κ3) is 4.91. The van der Waals surface area contributed by atoms with Gasteiger partial charge in [0.05, 0.1) is 0 Å². The van der Waals surface area contributed by atoms with Crippen LogP contribution in [0.5, 0.6) is 0 Å². The number of aryl methyl sites for hydroxylation is 2. The van der Waals surface area contributed by atoms with E-state index in [4.69, 9.17) is 0 Å². The molecule has 3 N–H and O–H groups in total. The first-order valence-electron chi connectivity index (χ1n) is 8.78. The number of anilines is 4. The van der Waals surface area contributed by atoms with Crippen LogP contribution in [0.15, 0.2) is 54.6 Å². The van der Waals surface area contributed by atoms with E-state index in [2.05, 4.69) is 26.1 Å². The predicted molar refractivity (Wildman–Crippen MR) is 110 cm³/mol. The third-order valence-electron chi connectivity index (χ3n) is 4.13. The van der Waals surface area contributed by atoms with Gasteiger partial charge in [-0.1, -0.05) is 12.1 Å². The summed E-state index contributed by atoms with van der Waals surface area (Å²) < 4.78 is 0. The Morgan fingerprint density at radius 1 is 0.786 bits per heavy atom. The molecule has 0 bridgehead atoms. The molecule has 0 aliphatic rings. The third-order valence-corrected chi connectivity index (χ3v) is 4.13. The summed E-state index contributed by atoms with van der Waals surface area (Å²) in [5.41, 5.74) is 4.20. The smallest absolute Gasteiger partial charge is 0.256 e. The van der Waals surface area contributed by atoms with Crippen molar-refractivity contribution in [3.8, 4) is 0 Å². The minimum Gasteiger partial charge on any atom is -0.339 e. The van der Waals surface area contributed by atoms with Crippen LogP contribution in [-0.2, 0) is 4.79 Å². The van der Waals surface area contributed by atoms with Crippen molar-refractivity contribution < 1.29 is 9.59 Å². The van der Waals surface area contributed by atoms with Gasteiger partial charge in [0.1, 0.15) is 0 Å². The molecule has 2 aromatic carbocycles. The van der Waals surface area contributed by atoms with E-state index in [9.17, 15) is 9.59 Å². The first-order chi connectivity index (χ1) is 13.4. The predicted octanol–water partition coefficient (Wildman–Crippen LogP) is 4.05. The number of aromatic nitrogens is 2. The van der Waals surface area contributed by atoms with Crippen LogP contribution in [0.4, 0.5) is 23.0 Å². The standard InChI is InChI=1S/C21H21N5O2/c1-13-7-8-16(11-14(13)2)21(28)24-20-10-9-19(25-26-20)23-18-6-4-5-17(12-18)22-15(3)27/h4-12H,1-3H3,(H,22,27)(H,23,25)(H,24,26,28). The summed E-state index contributed by atoms with van der Waals surface area (Å²) in [4.78, 5) is 23.5. The Balaban J connectivity index is 1.65. The van der Waals surface area contributed by atoms with Gasteiger partial charge in [-0.05, 0) is 67.4 Å². The Hall–Kier alpha value is -3.74. The minimum absolute atomic E-state index is 0.138. The van der Waals surface area contributed by atoms with Crippen molar-refractivity contribution in [2.75, 3.05) is 16.0 Å². The lowest BCUT2D eigenvalue weighted by Crippen LogP contribution is -2.13. The summed E-state index contributed by atoms with van der Waals surface area (Å²) in [6.45, 7) is 5.42. The van der Waals surface area contributed by atoms with Gasteiger partial charge in [-0.15, -0.1) is 10.2 Å². The number of nitrogens with zero attached hydrogens (tertiary/aromatic N) is 2. The van der Waals surface area contributed by atoms with E-state index in [1.54, 1.807) is 30.3 Å². The second-order valence-electron chi connectivity index (χ2n) is 6.44. The molecule has 0 radical (unpaired) electrons. The van der Waals surface area contributed by atoms with Crippen molar-refractivity contribution in [1.29, 1.82) is 0 Å². The van der Waals surface area contributed by atoms with Crippen LogP contribution in [0.2, 0.25) is 0 Å². The molecule has 0 saturated carbocycles. The molecule has 142 valence electrons. The van der Waals surface area contributed by atoms with E-state index in [1.807, 2.05) is 38.1 Å². The van der Waals surface area contributed by atoms with E-state index >= 15 is 0 Å². The summed E-state index contributed by atoms with van der Waals surface area (Å²) in [7, 11) is 0. The average molecular weight is 375 g/mol. The SMILES string of the molecule is CC(=O)Nc1cccc(Nc2ccc(NC(=O)c3ccc(C)c(C)c3)nn2)c1. The fraction of sp³-hybridized carbons (Fsp3) is 0.143. The number of hydrogen-bond acceptors (Lipinski definition) is 5. The normalized spacial score (nSPS) is 10.2. The Morgan fingerprint density at radius 3 is 2.18 bits per heavy atom. The van der Waals surface area contributed by atoms with Gasteiger partial charge >= 0.3 is 0 Å². The number of benzene rings is 2. The Bertz CT molecular complexity index is 1020. The molecular formula is C21H21N5O2. The fourth-order valence-electron chi connectivity index (χ4n) is 2.56. The maximum atomic E-state index is 12.4. The zero-order valence-electron chi connectivity index (χ0n) is 15.9. The number of nitrogens with one attached hydrogen (secondary N) is 3. The molecule has 0 fully saturated rings. The lowest BCUT2D eigenvalue weighted by molar-refractivity contribution is -0.114. The highest BCUT2D eigenvalue weighted by Crippen LogP contribution is 2.19. The van der Waals surface area contributed by atoms with E-state index < -0.39 is 0 Å². The molecule has 7 nitrogen and oxygen atoms in total. The minimum atomic E-state index is -0.235. The number of carbonyl (C=O) groups is 2. The molecule has 0 atom stereocenters. The van der Waals surface area contributed by atoms with Crippen LogP contribution < -0.4 is 16.0 Å². The highest BCUT2D eigenvalue weighted by atomic mass is 16.2. The molecule has 1 aromatic heterocycles. The first-order valence-corrected chi connectivity index (χ1v) is 8.78. The lowest BCUT2D eigenvalue weighted by atomic mass is 10.1. The number of hydrogen-bond donors (Lipinski definition) is 3. The largest absolute Gasteiger partial charge is 0.339 e. The zero-order chi connectivity index (χ0) is 20.1. The Kier molecular flexibility index (Phi) is 5.64. The van der Waals surface area contributed by atoms with Gasteiger partial charge < -0.3 is 16.0 Å². The van der Waals surface area contributed by atoms with Crippen LogP contribution in [0.1, 0.15) is 28.4 Å². The summed E-state index contributed by atoms with van der Waals surface area (Å²) in [5, 5.41) is 16.7. The number of amides is 2. The van der Waals surface area contributed by atoms with Crippen molar-refractivity contribution in [1.82, 2.24) is 10.2 Å². The van der Waals surface area contributed by atoms with Gasteiger partial charge in [-0.2, -0.15) is 0 Å². The monoisotopic (exact) mass is 375 g/mol. The molecule has 28 heavy (non-hydrogen) atoms. The van der Waals surface area contributed by atoms with E-state index in [0.29, 0.717) is 22.9 Å². The molecule has 0 saturated heterocycles. The summed E-state index contributed by atoms with van der Waals surface area (Å²) >= 11 is 0. The highest BCUT2D eigenvalue weighted by Gasteiger charge is 2.08. The quantitative estimate of drug-likeness (QED) is 0.625. The molecule has 3 aromatic rings. The van der Waals surface area contributed by atoms with Gasteiger partial charge in [0, 0.05) is 23.9 Å². The molecule has 2 amide bonds. The molecule has 0 aliphatic heterocycles. The summed E-state index contributed by atoms with van der Waals surface area (Å²) in [6, 6.07) is 16.2. The molecule has 0 unspecified atom stereocenters. The molecule has 0 spiro atoms. The van der Waals surface area contributed by atoms with Crippen LogP contribution in [0, 0.1) is 13.8 Å². The number of carbonyl (C=O) groups excluding carboxylic acids is 2. The second-order valence-corrected chi connectivity index (χ2v) is 6.44. The van der Waals surface area contributed by atoms with Gasteiger partial charge in [0.2, 0.25) is 5.91 Å². The van der Waals surface area contributed by atoms with Gasteiger partial charge in [0.15, 0.2) is 11.6 Å². The maximum Gasteiger partial charge on any atom is 0.256 e. The lowest BCUT2D eigenvalue weighted by Gasteiger charge is -2.09. The highest BCUT2D eigenvalue weighted by molar-refractivity contribution is 6.03. The zero-order valence-corrected chi connectivity index (χ0v) is 15.9. The molecule has 3 rings (SSSR count). The Morgan fingerprint density at radius 2 is 1.50 bits per heavy atom. The second kappa shape index (κ2) is 8.30. The van der Waals surface area contributed by atoms with Crippen LogP contribution in [-0.4, -0.2) is 22.0 Å². The molecule has 0 aliphatic carbocycles. The van der Waals surface area contributed by atoms with Crippen molar-refractivity contribution >= 4 is 34.8 Å². The van der Waals surface area contributed by atoms with Crippen molar-refractivity contribution in [3.63, 3.8) is 0 Å². The fourth-order valence-corrected chi connectivity index (χ4v) is 2.56. The number of rotatable bonds is 5. The van der Waals surface area contributed by atoms with Crippen molar-refractivity contribution in [2.24, 2.45) is 0 Å². The average Bonchev–Trinajstić information content (AvgIpc) is 2.65. The maximum absolute atomic E-state index is 12.4. The molecular weight excluding hydrogens is 354 g/mol. The van der Waals surface area contributed by atoms with E-state index in [0.717, 1.165) is 16.8 Å². The van der Waals surface area contributed by atoms with Crippen molar-refractivity contribution in [2.45, 2.75) is 20.8 Å². The van der Waals surface area contributed by atoms with Crippen LogP contribution in [0.25, 0.3) is 0 Å². The topological polar surface area (TPSA) is 96.0 Å². The van der Waals surface area contributed by atoms with Gasteiger partial charge in [0.25, 0.3) is 5.91 Å². The van der Waals surface area contributed by atoms with Crippen molar-refractivity contribution in [3.05, 3.63) is 71.3 Å². The van der Waals surface area contributed by atoms with Gasteiger partial charge in [-0.25, -0.2) is 0 Å². The molecule has 1 heterocycles. The Labute approximate surface area is 163 Å². The summed E-state index contributed by atoms with van der Waals surface area (Å²) in [6.07, 6.45) is 0. The molecule has 7 heteroatoms. The first kappa shape index (κ1) is 19.0. The van der Waals surface area contributed by atoms with Crippen LogP contribution >= 0.6 is 0 Å². The van der Waals surface area contributed by atoms with E-state index in [-0.39, 0.29) is 11.8 Å². The van der Waals surface area contributed by atoms with Gasteiger partial charge in [-0.3, -0.25) is 9.59 Å².